The van der Waals surface area contributed by atoms with Crippen LogP contribution < -0.4 is 8.92 Å². The highest BCUT2D eigenvalue weighted by atomic mass is 35.5. The van der Waals surface area contributed by atoms with E-state index in [-0.39, 0.29) is 44.5 Å². The molecule has 0 atom stereocenters. The minimum atomic E-state index is -4.27. The van der Waals surface area contributed by atoms with Crippen molar-refractivity contribution in [2.45, 2.75) is 25.3 Å². The summed E-state index contributed by atoms with van der Waals surface area (Å²) in [4.78, 5) is 14.4. The summed E-state index contributed by atoms with van der Waals surface area (Å²) in [5.74, 6) is -0.877. The zero-order valence-electron chi connectivity index (χ0n) is 19.3. The lowest BCUT2D eigenvalue weighted by molar-refractivity contribution is 0.0717. The molecule has 0 aliphatic rings. The first-order valence-corrected chi connectivity index (χ1v) is 12.8. The van der Waals surface area contributed by atoms with Gasteiger partial charge in [0.1, 0.15) is 10.7 Å². The predicted octanol–water partition coefficient (Wildman–Crippen LogP) is 6.21. The van der Waals surface area contributed by atoms with Crippen LogP contribution >= 0.6 is 23.2 Å². The van der Waals surface area contributed by atoms with Gasteiger partial charge in [0.2, 0.25) is 0 Å². The Balaban J connectivity index is 1.93. The van der Waals surface area contributed by atoms with Crippen molar-refractivity contribution in [2.24, 2.45) is 5.92 Å². The SMILES string of the molecule is COc1ccc(CN(CC(C)C)C(=O)c2ccccc2F)cc1OS(=O)(=O)c1ccc(Cl)c(Cl)c1. The fourth-order valence-electron chi connectivity index (χ4n) is 3.37. The first-order chi connectivity index (χ1) is 16.5. The number of carbonyl (C=O) groups excluding carboxylic acids is 1. The second-order valence-electron chi connectivity index (χ2n) is 8.16. The molecule has 0 aromatic heterocycles. The van der Waals surface area contributed by atoms with Crippen molar-refractivity contribution in [3.8, 4) is 11.5 Å². The van der Waals surface area contributed by atoms with E-state index in [1.54, 1.807) is 12.1 Å². The molecule has 0 saturated carbocycles. The molecular formula is C25H24Cl2FNO5S. The highest BCUT2D eigenvalue weighted by Gasteiger charge is 2.23. The van der Waals surface area contributed by atoms with E-state index in [9.17, 15) is 17.6 Å². The molecule has 3 aromatic rings. The smallest absolute Gasteiger partial charge is 0.339 e. The number of halogens is 3. The number of amides is 1. The number of ether oxygens (including phenoxy) is 1. The highest BCUT2D eigenvalue weighted by Crippen LogP contribution is 2.33. The highest BCUT2D eigenvalue weighted by molar-refractivity contribution is 7.87. The molecule has 0 saturated heterocycles. The van der Waals surface area contributed by atoms with Gasteiger partial charge in [-0.05, 0) is 53.9 Å². The van der Waals surface area contributed by atoms with Gasteiger partial charge in [0.15, 0.2) is 11.5 Å². The molecule has 0 aliphatic carbocycles. The third-order valence-electron chi connectivity index (χ3n) is 4.96. The van der Waals surface area contributed by atoms with Crippen LogP contribution in [0.3, 0.4) is 0 Å². The van der Waals surface area contributed by atoms with Crippen molar-refractivity contribution < 1.29 is 26.5 Å². The molecule has 0 unspecified atom stereocenters. The van der Waals surface area contributed by atoms with Crippen molar-refractivity contribution in [2.75, 3.05) is 13.7 Å². The molecule has 186 valence electrons. The Morgan fingerprint density at radius 3 is 2.34 bits per heavy atom. The summed E-state index contributed by atoms with van der Waals surface area (Å²) in [6, 6.07) is 14.3. The monoisotopic (exact) mass is 539 g/mol. The Hall–Kier alpha value is -2.81. The van der Waals surface area contributed by atoms with E-state index >= 15 is 0 Å². The lowest BCUT2D eigenvalue weighted by atomic mass is 10.1. The number of nitrogens with zero attached hydrogens (tertiary/aromatic N) is 1. The Morgan fingerprint density at radius 1 is 1.00 bits per heavy atom. The summed E-state index contributed by atoms with van der Waals surface area (Å²) in [6.07, 6.45) is 0. The molecule has 0 radical (unpaired) electrons. The summed E-state index contributed by atoms with van der Waals surface area (Å²) in [6.45, 7) is 4.33. The van der Waals surface area contributed by atoms with Crippen molar-refractivity contribution in [3.05, 3.63) is 87.7 Å². The van der Waals surface area contributed by atoms with Crippen LogP contribution in [-0.4, -0.2) is 32.9 Å². The van der Waals surface area contributed by atoms with Gasteiger partial charge in [0.25, 0.3) is 5.91 Å². The van der Waals surface area contributed by atoms with Gasteiger partial charge in [-0.25, -0.2) is 4.39 Å². The lowest BCUT2D eigenvalue weighted by Gasteiger charge is -2.25. The van der Waals surface area contributed by atoms with E-state index in [1.165, 1.54) is 60.5 Å². The maximum absolute atomic E-state index is 14.3. The first-order valence-electron chi connectivity index (χ1n) is 10.6. The summed E-state index contributed by atoms with van der Waals surface area (Å²) in [5, 5.41) is 0.267. The number of hydrogen-bond donors (Lipinski definition) is 0. The van der Waals surface area contributed by atoms with Crippen LogP contribution in [0.2, 0.25) is 10.0 Å². The van der Waals surface area contributed by atoms with Crippen LogP contribution in [0.15, 0.2) is 65.6 Å². The van der Waals surface area contributed by atoms with Crippen LogP contribution in [0.25, 0.3) is 0 Å². The summed E-state index contributed by atoms with van der Waals surface area (Å²) in [5.41, 5.74) is 0.524. The van der Waals surface area contributed by atoms with E-state index in [0.29, 0.717) is 12.1 Å². The van der Waals surface area contributed by atoms with Crippen molar-refractivity contribution in [1.82, 2.24) is 4.90 Å². The largest absolute Gasteiger partial charge is 0.493 e. The van der Waals surface area contributed by atoms with Crippen LogP contribution in [0, 0.1) is 11.7 Å². The van der Waals surface area contributed by atoms with Crippen LogP contribution in [0.4, 0.5) is 4.39 Å². The fraction of sp³-hybridized carbons (Fsp3) is 0.240. The van der Waals surface area contributed by atoms with Gasteiger partial charge < -0.3 is 13.8 Å². The number of hydrogen-bond acceptors (Lipinski definition) is 5. The molecule has 0 N–H and O–H groups in total. The zero-order valence-corrected chi connectivity index (χ0v) is 21.6. The van der Waals surface area contributed by atoms with Gasteiger partial charge >= 0.3 is 10.1 Å². The minimum absolute atomic E-state index is 0.0414. The van der Waals surface area contributed by atoms with E-state index < -0.39 is 21.8 Å². The Labute approximate surface area is 214 Å². The molecule has 0 fully saturated rings. The maximum atomic E-state index is 14.3. The van der Waals surface area contributed by atoms with E-state index in [0.717, 1.165) is 0 Å². The molecule has 0 aliphatic heterocycles. The summed E-state index contributed by atoms with van der Waals surface area (Å²) < 4.78 is 50.6. The van der Waals surface area contributed by atoms with Gasteiger partial charge in [-0.3, -0.25) is 4.79 Å². The normalized spacial score (nSPS) is 11.4. The van der Waals surface area contributed by atoms with E-state index in [4.69, 9.17) is 32.1 Å². The zero-order chi connectivity index (χ0) is 25.8. The molecule has 0 spiro atoms. The third kappa shape index (κ3) is 6.66. The maximum Gasteiger partial charge on any atom is 0.339 e. The molecule has 0 heterocycles. The second-order valence-corrected chi connectivity index (χ2v) is 10.5. The third-order valence-corrected chi connectivity index (χ3v) is 6.93. The standard InChI is InChI=1S/C25H24Cl2FNO5S/c1-16(2)14-29(25(30)19-6-4-5-7-22(19)28)15-17-8-11-23(33-3)24(12-17)34-35(31,32)18-9-10-20(26)21(27)13-18/h4-13,16H,14-15H2,1-3H3. The van der Waals surface area contributed by atoms with Gasteiger partial charge in [0.05, 0.1) is 22.7 Å². The van der Waals surface area contributed by atoms with Gasteiger partial charge in [-0.1, -0.05) is 55.2 Å². The molecule has 35 heavy (non-hydrogen) atoms. The van der Waals surface area contributed by atoms with Crippen molar-refractivity contribution in [1.29, 1.82) is 0 Å². The minimum Gasteiger partial charge on any atom is -0.493 e. The van der Waals surface area contributed by atoms with Gasteiger partial charge in [0, 0.05) is 13.1 Å². The quantitative estimate of drug-likeness (QED) is 0.302. The predicted molar refractivity (Wildman–Crippen MR) is 133 cm³/mol. The summed E-state index contributed by atoms with van der Waals surface area (Å²) >= 11 is 11.8. The molecule has 6 nitrogen and oxygen atoms in total. The Bertz CT molecular complexity index is 1330. The Morgan fingerprint density at radius 2 is 1.71 bits per heavy atom. The molecule has 10 heteroatoms. The number of rotatable bonds is 9. The van der Waals surface area contributed by atoms with E-state index in [1.807, 2.05) is 13.8 Å². The second kappa shape index (κ2) is 11.3. The number of carbonyl (C=O) groups is 1. The van der Waals surface area contributed by atoms with Crippen molar-refractivity contribution in [3.63, 3.8) is 0 Å². The molecule has 1 amide bonds. The molecule has 3 aromatic carbocycles. The van der Waals surface area contributed by atoms with Crippen LogP contribution in [-0.2, 0) is 16.7 Å². The Kier molecular flexibility index (Phi) is 8.64. The first kappa shape index (κ1) is 26.8. The topological polar surface area (TPSA) is 72.9 Å². The molecule has 0 bridgehead atoms. The van der Waals surface area contributed by atoms with Crippen molar-refractivity contribution >= 4 is 39.2 Å². The average molecular weight is 540 g/mol. The molecule has 3 rings (SSSR count). The van der Waals surface area contributed by atoms with E-state index in [2.05, 4.69) is 0 Å². The summed E-state index contributed by atoms with van der Waals surface area (Å²) in [7, 11) is -2.89. The number of methoxy groups -OCH3 is 1. The molecular weight excluding hydrogens is 516 g/mol. The lowest BCUT2D eigenvalue weighted by Crippen LogP contribution is -2.34. The van der Waals surface area contributed by atoms with Gasteiger partial charge in [-0.2, -0.15) is 8.42 Å². The van der Waals surface area contributed by atoms with Crippen LogP contribution in [0.1, 0.15) is 29.8 Å². The van der Waals surface area contributed by atoms with Crippen LogP contribution in [0.5, 0.6) is 11.5 Å². The fourth-order valence-corrected chi connectivity index (χ4v) is 4.69. The van der Waals surface area contributed by atoms with Gasteiger partial charge in [-0.15, -0.1) is 0 Å². The number of benzene rings is 3. The average Bonchev–Trinajstić information content (AvgIpc) is 2.80.